The molecule has 7 N–H and O–H groups in total. The molecule has 1 aromatic rings. The molecule has 43 heavy (non-hydrogen) atoms. The molecule has 1 rings (SSSR count). The summed E-state index contributed by atoms with van der Waals surface area (Å²) in [5.41, 5.74) is 5.62. The van der Waals surface area contributed by atoms with Crippen LogP contribution in [0, 0.1) is 0 Å². The van der Waals surface area contributed by atoms with Gasteiger partial charge in [-0.05, 0) is 32.8 Å². The number of benzene rings is 1. The van der Waals surface area contributed by atoms with Crippen molar-refractivity contribution in [3.05, 3.63) is 35.9 Å². The van der Waals surface area contributed by atoms with E-state index in [9.17, 15) is 42.3 Å². The zero-order valence-electron chi connectivity index (χ0n) is 25.5. The van der Waals surface area contributed by atoms with Gasteiger partial charge in [0.05, 0.1) is 24.7 Å². The van der Waals surface area contributed by atoms with Gasteiger partial charge in [-0.15, -0.1) is 0 Å². The standard InChI is InChI=1S/C20H26F3N5O6.C5H12O.C3H8/c21-20(22,23)18(33)13(6-7-15(24)30)27-17(32)10-26-19(34)14(28-16(31)9-25-11-29)8-12-4-2-1-3-5-12;1-5(2,3)6-4;1-3-2/h1-5,11,13-14,18,33H,6-10H2,(H2,24,30)(H,25,29)(H,26,34)(H,27,32)(H,28,31);1-4H3;3H2,1-2H3/t13?,14-,18?;;/m0../s1. The first-order valence-electron chi connectivity index (χ1n) is 13.6. The van der Waals surface area contributed by atoms with Crippen LogP contribution in [0.4, 0.5) is 13.2 Å². The van der Waals surface area contributed by atoms with Crippen LogP contribution in [0.1, 0.15) is 59.4 Å². The summed E-state index contributed by atoms with van der Waals surface area (Å²) in [5.74, 6) is -3.50. The van der Waals surface area contributed by atoms with Crippen LogP contribution in [0.5, 0.6) is 0 Å². The molecule has 0 aliphatic rings. The van der Waals surface area contributed by atoms with E-state index in [-0.39, 0.29) is 12.0 Å². The fourth-order valence-electron chi connectivity index (χ4n) is 2.82. The molecule has 0 aromatic heterocycles. The topological polar surface area (TPSA) is 189 Å². The summed E-state index contributed by atoms with van der Waals surface area (Å²) in [5, 5.41) is 18.1. The van der Waals surface area contributed by atoms with E-state index in [1.165, 1.54) is 6.42 Å². The van der Waals surface area contributed by atoms with E-state index in [0.717, 1.165) is 0 Å². The highest BCUT2D eigenvalue weighted by molar-refractivity contribution is 5.91. The van der Waals surface area contributed by atoms with Crippen molar-refractivity contribution in [2.75, 3.05) is 20.2 Å². The molecule has 3 atom stereocenters. The molecule has 0 heterocycles. The van der Waals surface area contributed by atoms with Gasteiger partial charge in [0.1, 0.15) is 6.04 Å². The molecule has 0 aliphatic carbocycles. The summed E-state index contributed by atoms with van der Waals surface area (Å²) in [4.78, 5) is 57.9. The van der Waals surface area contributed by atoms with Crippen molar-refractivity contribution in [1.29, 1.82) is 0 Å². The van der Waals surface area contributed by atoms with E-state index in [1.54, 1.807) is 37.4 Å². The molecule has 0 saturated heterocycles. The lowest BCUT2D eigenvalue weighted by molar-refractivity contribution is -0.212. The van der Waals surface area contributed by atoms with Crippen LogP contribution in [0.3, 0.4) is 0 Å². The predicted molar refractivity (Wildman–Crippen MR) is 154 cm³/mol. The number of methoxy groups -OCH3 is 1. The van der Waals surface area contributed by atoms with Crippen LogP contribution in [0.2, 0.25) is 0 Å². The van der Waals surface area contributed by atoms with Gasteiger partial charge < -0.3 is 36.8 Å². The third-order valence-corrected chi connectivity index (χ3v) is 5.08. The second kappa shape index (κ2) is 21.9. The van der Waals surface area contributed by atoms with Crippen molar-refractivity contribution in [1.82, 2.24) is 21.3 Å². The number of nitrogens with one attached hydrogen (secondary N) is 4. The van der Waals surface area contributed by atoms with Crippen LogP contribution >= 0.6 is 0 Å². The Morgan fingerprint density at radius 2 is 1.51 bits per heavy atom. The summed E-state index contributed by atoms with van der Waals surface area (Å²) in [6.07, 6.45) is -7.56. The lowest BCUT2D eigenvalue weighted by atomic mass is 10.0. The maximum absolute atomic E-state index is 12.9. The predicted octanol–water partition coefficient (Wildman–Crippen LogP) is 1.10. The maximum atomic E-state index is 12.9. The monoisotopic (exact) mass is 621 g/mol. The summed E-state index contributed by atoms with van der Waals surface area (Å²) in [6.45, 7) is 9.14. The Morgan fingerprint density at radius 1 is 1.00 bits per heavy atom. The molecular formula is C28H46F3N5O7. The highest BCUT2D eigenvalue weighted by Crippen LogP contribution is 2.24. The van der Waals surface area contributed by atoms with Gasteiger partial charge in [-0.1, -0.05) is 50.6 Å². The zero-order chi connectivity index (χ0) is 33.6. The largest absolute Gasteiger partial charge is 0.416 e. The number of aliphatic hydroxyl groups excluding tert-OH is 1. The van der Waals surface area contributed by atoms with E-state index in [2.05, 4.69) is 29.8 Å². The van der Waals surface area contributed by atoms with Gasteiger partial charge in [0.25, 0.3) is 0 Å². The molecule has 15 heteroatoms. The van der Waals surface area contributed by atoms with Gasteiger partial charge in [-0.3, -0.25) is 24.0 Å². The quantitative estimate of drug-likeness (QED) is 0.168. The van der Waals surface area contributed by atoms with Crippen LogP contribution in [0.15, 0.2) is 30.3 Å². The molecule has 2 unspecified atom stereocenters. The van der Waals surface area contributed by atoms with Gasteiger partial charge >= 0.3 is 6.18 Å². The number of nitrogens with two attached hydrogens (primary N) is 1. The lowest BCUT2D eigenvalue weighted by Gasteiger charge is -2.26. The van der Waals surface area contributed by atoms with Crippen molar-refractivity contribution >= 4 is 30.0 Å². The fourth-order valence-corrected chi connectivity index (χ4v) is 2.82. The first-order valence-corrected chi connectivity index (χ1v) is 13.6. The Labute approximate surface area is 250 Å². The van der Waals surface area contributed by atoms with Crippen molar-refractivity contribution in [3.63, 3.8) is 0 Å². The van der Waals surface area contributed by atoms with Gasteiger partial charge in [0.2, 0.25) is 30.0 Å². The molecule has 12 nitrogen and oxygen atoms in total. The number of primary amides is 1. The first kappa shape index (κ1) is 41.4. The normalized spacial score (nSPS) is 12.9. The number of alkyl halides is 3. The van der Waals surface area contributed by atoms with E-state index < -0.39 is 73.9 Å². The fraction of sp³-hybridized carbons (Fsp3) is 0.607. The third-order valence-electron chi connectivity index (χ3n) is 5.08. The molecule has 0 aliphatic heterocycles. The number of halogens is 3. The average Bonchev–Trinajstić information content (AvgIpc) is 2.92. The first-order chi connectivity index (χ1) is 19.9. The minimum absolute atomic E-state index is 0.0230. The number of amides is 5. The van der Waals surface area contributed by atoms with Crippen LogP contribution < -0.4 is 27.0 Å². The molecule has 5 amide bonds. The van der Waals surface area contributed by atoms with Gasteiger partial charge in [-0.25, -0.2) is 0 Å². The van der Waals surface area contributed by atoms with E-state index in [1.807, 2.05) is 26.1 Å². The summed E-state index contributed by atoms with van der Waals surface area (Å²) in [7, 11) is 1.71. The van der Waals surface area contributed by atoms with Crippen LogP contribution in [0.25, 0.3) is 0 Å². The van der Waals surface area contributed by atoms with Gasteiger partial charge in [0, 0.05) is 20.0 Å². The van der Waals surface area contributed by atoms with E-state index in [4.69, 9.17) is 10.5 Å². The summed E-state index contributed by atoms with van der Waals surface area (Å²) < 4.78 is 43.5. The lowest BCUT2D eigenvalue weighted by Crippen LogP contribution is -2.54. The number of carbonyl (C=O) groups is 5. The van der Waals surface area contributed by atoms with Crippen molar-refractivity contribution in [2.45, 2.75) is 90.3 Å². The van der Waals surface area contributed by atoms with Crippen molar-refractivity contribution in [2.24, 2.45) is 5.73 Å². The molecule has 246 valence electrons. The Balaban J connectivity index is 0. The maximum Gasteiger partial charge on any atom is 0.416 e. The minimum atomic E-state index is -5.07. The molecule has 0 spiro atoms. The minimum Gasteiger partial charge on any atom is -0.382 e. The van der Waals surface area contributed by atoms with Crippen molar-refractivity contribution < 1.29 is 47.0 Å². The molecular weight excluding hydrogens is 575 g/mol. The van der Waals surface area contributed by atoms with Crippen molar-refractivity contribution in [3.8, 4) is 0 Å². The van der Waals surface area contributed by atoms with Gasteiger partial charge in [-0.2, -0.15) is 13.2 Å². The third kappa shape index (κ3) is 22.5. The van der Waals surface area contributed by atoms with E-state index in [0.29, 0.717) is 12.0 Å². The molecule has 0 saturated carbocycles. The average molecular weight is 622 g/mol. The SMILES string of the molecule is CCC.COC(C)(C)C.NC(=O)CCC(NC(=O)CNC(=O)[C@H](Cc1ccccc1)NC(=O)CNC=O)C(O)C(F)(F)F. The second-order valence-electron chi connectivity index (χ2n) is 10.2. The number of rotatable bonds is 14. The number of ether oxygens (including phenoxy) is 1. The molecule has 0 bridgehead atoms. The summed E-state index contributed by atoms with van der Waals surface area (Å²) >= 11 is 0. The number of hydrogen-bond donors (Lipinski definition) is 6. The molecule has 0 radical (unpaired) electrons. The van der Waals surface area contributed by atoms with Crippen LogP contribution in [-0.2, 0) is 35.1 Å². The number of hydrogen-bond acceptors (Lipinski definition) is 7. The second-order valence-corrected chi connectivity index (χ2v) is 10.2. The highest BCUT2D eigenvalue weighted by atomic mass is 19.4. The van der Waals surface area contributed by atoms with E-state index >= 15 is 0 Å². The highest BCUT2D eigenvalue weighted by Gasteiger charge is 2.44. The number of carbonyl (C=O) groups excluding carboxylic acids is 5. The van der Waals surface area contributed by atoms with Crippen LogP contribution in [-0.4, -0.2) is 85.3 Å². The molecule has 1 aromatic carbocycles. The van der Waals surface area contributed by atoms with Gasteiger partial charge in [0.15, 0.2) is 6.10 Å². The molecule has 0 fully saturated rings. The smallest absolute Gasteiger partial charge is 0.382 e. The summed E-state index contributed by atoms with van der Waals surface area (Å²) in [6, 6.07) is 5.47. The number of aliphatic hydroxyl groups is 1. The Kier molecular flexibility index (Phi) is 21.1. The Bertz CT molecular complexity index is 974. The zero-order valence-corrected chi connectivity index (χ0v) is 25.5. The Hall–Kier alpha value is -3.72. The Morgan fingerprint density at radius 3 is 1.95 bits per heavy atom.